The Morgan fingerprint density at radius 1 is 1.10 bits per heavy atom. The van der Waals surface area contributed by atoms with Crippen molar-refractivity contribution < 1.29 is 31.1 Å². The molecule has 0 radical (unpaired) electrons. The van der Waals surface area contributed by atoms with Crippen LogP contribution in [0.2, 0.25) is 5.02 Å². The number of nitrogens with one attached hydrogen (secondary N) is 1. The molecule has 0 unspecified atom stereocenters. The third kappa shape index (κ3) is 4.98. The first-order valence-corrected chi connectivity index (χ1v) is 11.4. The Morgan fingerprint density at radius 3 is 2.29 bits per heavy atom. The van der Waals surface area contributed by atoms with Crippen LogP contribution in [0.3, 0.4) is 0 Å². The van der Waals surface area contributed by atoms with Crippen molar-refractivity contribution in [3.63, 3.8) is 0 Å². The summed E-state index contributed by atoms with van der Waals surface area (Å²) in [5.41, 5.74) is -0.139. The molecule has 0 saturated carbocycles. The maximum absolute atomic E-state index is 13.1. The number of hydrogen-bond acceptors (Lipinski definition) is 5. The normalized spacial score (nSPS) is 23.0. The average molecular weight is 477 g/mol. The highest BCUT2D eigenvalue weighted by Crippen LogP contribution is 2.36. The summed E-state index contributed by atoms with van der Waals surface area (Å²) in [7, 11) is -4.04. The summed E-state index contributed by atoms with van der Waals surface area (Å²) in [4.78, 5) is 2.03. The van der Waals surface area contributed by atoms with E-state index >= 15 is 0 Å². The third-order valence-electron chi connectivity index (χ3n) is 5.53. The average Bonchev–Trinajstić information content (AvgIpc) is 3.03. The van der Waals surface area contributed by atoms with Gasteiger partial charge < -0.3 is 9.47 Å². The minimum Gasteiger partial charge on any atom is -0.406 e. The van der Waals surface area contributed by atoms with Crippen LogP contribution in [0.1, 0.15) is 12.0 Å². The molecule has 1 atom stereocenters. The molecule has 168 valence electrons. The van der Waals surface area contributed by atoms with Gasteiger partial charge in [0.15, 0.2) is 0 Å². The van der Waals surface area contributed by atoms with Crippen molar-refractivity contribution in [2.75, 3.05) is 26.3 Å². The van der Waals surface area contributed by atoms with Crippen LogP contribution in [0, 0.1) is 0 Å². The first kappa shape index (κ1) is 22.3. The Kier molecular flexibility index (Phi) is 5.95. The lowest BCUT2D eigenvalue weighted by Gasteiger charge is -2.37. The largest absolute Gasteiger partial charge is 0.573 e. The number of ether oxygens (including phenoxy) is 2. The first-order valence-electron chi connectivity index (χ1n) is 9.54. The van der Waals surface area contributed by atoms with Crippen LogP contribution in [0.25, 0.3) is 0 Å². The van der Waals surface area contributed by atoms with Crippen LogP contribution in [0.5, 0.6) is 5.75 Å². The Morgan fingerprint density at radius 2 is 1.74 bits per heavy atom. The second-order valence-corrected chi connectivity index (χ2v) is 9.74. The van der Waals surface area contributed by atoms with Crippen molar-refractivity contribution in [3.8, 4) is 5.75 Å². The molecule has 11 heteroatoms. The van der Waals surface area contributed by atoms with Gasteiger partial charge in [0.05, 0.1) is 29.7 Å². The van der Waals surface area contributed by atoms with Crippen LogP contribution < -0.4 is 9.46 Å². The Balaban J connectivity index is 1.61. The highest BCUT2D eigenvalue weighted by molar-refractivity contribution is 7.89. The predicted octanol–water partition coefficient (Wildman–Crippen LogP) is 3.52. The van der Waals surface area contributed by atoms with E-state index in [2.05, 4.69) is 14.4 Å². The minimum atomic E-state index is -4.85. The molecule has 2 aromatic carbocycles. The van der Waals surface area contributed by atoms with Gasteiger partial charge in [0, 0.05) is 18.1 Å². The zero-order chi connectivity index (χ0) is 22.3. The van der Waals surface area contributed by atoms with Crippen molar-refractivity contribution in [1.82, 2.24) is 9.62 Å². The van der Waals surface area contributed by atoms with E-state index in [4.69, 9.17) is 16.3 Å². The van der Waals surface area contributed by atoms with Crippen molar-refractivity contribution in [1.29, 1.82) is 0 Å². The van der Waals surface area contributed by atoms with Gasteiger partial charge >= 0.3 is 6.36 Å². The maximum Gasteiger partial charge on any atom is 0.573 e. The predicted molar refractivity (Wildman–Crippen MR) is 107 cm³/mol. The van der Waals surface area contributed by atoms with Gasteiger partial charge in [-0.3, -0.25) is 4.90 Å². The number of halogens is 4. The van der Waals surface area contributed by atoms with Crippen molar-refractivity contribution in [2.45, 2.75) is 29.3 Å². The van der Waals surface area contributed by atoms with Gasteiger partial charge in [-0.15, -0.1) is 13.2 Å². The molecule has 6 nitrogen and oxygen atoms in total. The minimum absolute atomic E-state index is 0.152. The zero-order valence-corrected chi connectivity index (χ0v) is 17.8. The van der Waals surface area contributed by atoms with Gasteiger partial charge in [-0.2, -0.15) is 4.72 Å². The summed E-state index contributed by atoms with van der Waals surface area (Å²) in [6, 6.07) is 11.3. The van der Waals surface area contributed by atoms with Crippen LogP contribution in [-0.2, 0) is 20.3 Å². The molecule has 2 aliphatic heterocycles. The molecule has 2 saturated heterocycles. The number of alkyl halides is 3. The summed E-state index contributed by atoms with van der Waals surface area (Å²) >= 11 is 6.01. The van der Waals surface area contributed by atoms with Gasteiger partial charge in [-0.05, 0) is 48.4 Å². The fourth-order valence-corrected chi connectivity index (χ4v) is 5.41. The highest BCUT2D eigenvalue weighted by Gasteiger charge is 2.46. The van der Waals surface area contributed by atoms with E-state index in [0.717, 1.165) is 29.8 Å². The number of nitrogens with zero attached hydrogens (tertiary/aromatic N) is 1. The Bertz CT molecular complexity index is 1030. The lowest BCUT2D eigenvalue weighted by atomic mass is 9.90. The van der Waals surface area contributed by atoms with E-state index in [1.165, 1.54) is 0 Å². The highest BCUT2D eigenvalue weighted by atomic mass is 35.5. The monoisotopic (exact) mass is 476 g/mol. The lowest BCUT2D eigenvalue weighted by Crippen LogP contribution is -2.52. The number of hydrogen-bond donors (Lipinski definition) is 1. The zero-order valence-electron chi connectivity index (χ0n) is 16.2. The second kappa shape index (κ2) is 8.25. The number of benzene rings is 2. The van der Waals surface area contributed by atoms with Crippen molar-refractivity contribution in [3.05, 3.63) is 59.1 Å². The van der Waals surface area contributed by atoms with E-state index < -0.39 is 27.7 Å². The maximum atomic E-state index is 13.1. The molecule has 1 N–H and O–H groups in total. The van der Waals surface area contributed by atoms with Crippen LogP contribution >= 0.6 is 11.6 Å². The molecule has 2 heterocycles. The van der Waals surface area contributed by atoms with Crippen LogP contribution in [0.4, 0.5) is 13.2 Å². The van der Waals surface area contributed by atoms with Gasteiger partial charge in [-0.25, -0.2) is 8.42 Å². The fourth-order valence-electron chi connectivity index (χ4n) is 3.87. The van der Waals surface area contributed by atoms with Crippen LogP contribution in [-0.4, -0.2) is 52.0 Å². The molecular formula is C20H20ClF3N2O4S. The first-order chi connectivity index (χ1) is 14.6. The van der Waals surface area contributed by atoms with Gasteiger partial charge in [0.25, 0.3) is 0 Å². The molecule has 2 aromatic rings. The fraction of sp³-hybridized carbons (Fsp3) is 0.400. The quantitative estimate of drug-likeness (QED) is 0.691. The van der Waals surface area contributed by atoms with E-state index in [-0.39, 0.29) is 10.9 Å². The number of sulfonamides is 1. The Hall–Kier alpha value is -1.85. The molecule has 31 heavy (non-hydrogen) atoms. The smallest absolute Gasteiger partial charge is 0.406 e. The third-order valence-corrected chi connectivity index (χ3v) is 7.33. The molecule has 4 rings (SSSR count). The summed E-state index contributed by atoms with van der Waals surface area (Å²) in [6.07, 6.45) is -4.32. The Labute approximate surface area is 182 Å². The molecule has 2 aliphatic rings. The SMILES string of the molecule is O=S(=O)(N[C@]1(c2ccc(Cl)cc2)CCN(C2COC2)C1)c1ccc(OC(F)(F)F)cc1. The van der Waals surface area contributed by atoms with Gasteiger partial charge in [0.2, 0.25) is 10.0 Å². The topological polar surface area (TPSA) is 67.9 Å². The number of rotatable bonds is 6. The molecule has 0 spiro atoms. The van der Waals surface area contributed by atoms with Crippen molar-refractivity contribution in [2.24, 2.45) is 0 Å². The van der Waals surface area contributed by atoms with E-state index in [0.29, 0.717) is 37.7 Å². The standard InChI is InChI=1S/C20H20ClF3N2O4S/c21-15-3-1-14(2-4-15)19(9-10-26(13-19)16-11-29-12-16)25-31(27,28)18-7-5-17(6-8-18)30-20(22,23)24/h1-8,16,25H,9-13H2/t19-/m1/s1. The van der Waals surface area contributed by atoms with Crippen LogP contribution in [0.15, 0.2) is 53.4 Å². The second-order valence-electron chi connectivity index (χ2n) is 7.63. The summed E-state index contributed by atoms with van der Waals surface area (Å²) < 4.78 is 75.3. The summed E-state index contributed by atoms with van der Waals surface area (Å²) in [5.74, 6) is -0.490. The molecular weight excluding hydrogens is 457 g/mol. The molecule has 2 fully saturated rings. The molecule has 0 aromatic heterocycles. The lowest BCUT2D eigenvalue weighted by molar-refractivity contribution is -0.274. The molecule has 0 aliphatic carbocycles. The van der Waals surface area contributed by atoms with Gasteiger partial charge in [-0.1, -0.05) is 23.7 Å². The van der Waals surface area contributed by atoms with E-state index in [9.17, 15) is 21.6 Å². The summed E-state index contributed by atoms with van der Waals surface area (Å²) in [5, 5.41) is 0.532. The van der Waals surface area contributed by atoms with E-state index in [1.54, 1.807) is 24.3 Å². The molecule has 0 amide bonds. The molecule has 0 bridgehead atoms. The summed E-state index contributed by atoms with van der Waals surface area (Å²) in [6.45, 7) is 2.32. The van der Waals surface area contributed by atoms with Gasteiger partial charge in [0.1, 0.15) is 5.75 Å². The van der Waals surface area contributed by atoms with E-state index in [1.807, 2.05) is 0 Å². The number of likely N-dealkylation sites (tertiary alicyclic amines) is 1. The van der Waals surface area contributed by atoms with Crippen molar-refractivity contribution >= 4 is 21.6 Å².